The first-order valence-electron chi connectivity index (χ1n) is 13.2. The molecule has 0 fully saturated rings. The summed E-state index contributed by atoms with van der Waals surface area (Å²) in [5.41, 5.74) is 9.52. The number of carbonyl (C=O) groups excluding carboxylic acids is 2. The van der Waals surface area contributed by atoms with E-state index in [2.05, 4.69) is 21.1 Å². The van der Waals surface area contributed by atoms with Gasteiger partial charge in [-0.1, -0.05) is 65.8 Å². The zero-order valence-corrected chi connectivity index (χ0v) is 23.3. The Morgan fingerprint density at radius 3 is 2.14 bits per heavy atom. The molecule has 10 nitrogen and oxygen atoms in total. The molecule has 0 aromatic heterocycles. The quantitative estimate of drug-likeness (QED) is 0.0715. The minimum Gasteiger partial charge on any atom is -0.493 e. The van der Waals surface area contributed by atoms with Crippen molar-refractivity contribution in [2.24, 2.45) is 10.9 Å². The summed E-state index contributed by atoms with van der Waals surface area (Å²) in [4.78, 5) is 26.0. The van der Waals surface area contributed by atoms with Crippen LogP contribution in [0.15, 0.2) is 102 Å². The van der Waals surface area contributed by atoms with Gasteiger partial charge in [0.25, 0.3) is 0 Å². The van der Waals surface area contributed by atoms with Crippen molar-refractivity contribution in [3.63, 3.8) is 0 Å². The Hall–Kier alpha value is -5.51. The number of hydrogen-bond donors (Lipinski definition) is 5. The summed E-state index contributed by atoms with van der Waals surface area (Å²) in [6.07, 6.45) is 0. The Labute approximate surface area is 244 Å². The Balaban J connectivity index is 1.71. The number of rotatable bonds is 12. The molecule has 4 aromatic rings. The molecule has 10 heteroatoms. The number of amides is 2. The summed E-state index contributed by atoms with van der Waals surface area (Å²) in [6, 6.07) is 28.3. The van der Waals surface area contributed by atoms with E-state index in [1.165, 1.54) is 14.0 Å². The average Bonchev–Trinajstić information content (AvgIpc) is 3.02. The number of nitrogens with one attached hydrogen (secondary N) is 3. The Morgan fingerprint density at radius 1 is 0.905 bits per heavy atom. The molecule has 0 saturated heterocycles. The third-order valence-corrected chi connectivity index (χ3v) is 6.37. The van der Waals surface area contributed by atoms with Crippen LogP contribution in [0.2, 0.25) is 0 Å². The number of nitrogens with two attached hydrogens (primary N) is 1. The molecule has 0 spiro atoms. The van der Waals surface area contributed by atoms with Gasteiger partial charge in [-0.05, 0) is 41.5 Å². The maximum atomic E-state index is 13.7. The van der Waals surface area contributed by atoms with Crippen molar-refractivity contribution in [1.82, 2.24) is 5.32 Å². The molecule has 2 amide bonds. The second-order valence-corrected chi connectivity index (χ2v) is 9.39. The van der Waals surface area contributed by atoms with Crippen molar-refractivity contribution in [3.05, 3.63) is 119 Å². The predicted octanol–water partition coefficient (Wildman–Crippen LogP) is 4.80. The molecular weight excluding hydrogens is 534 g/mol. The van der Waals surface area contributed by atoms with Crippen LogP contribution < -0.4 is 31.2 Å². The Kier molecular flexibility index (Phi) is 9.98. The lowest BCUT2D eigenvalue weighted by Crippen LogP contribution is -2.34. The van der Waals surface area contributed by atoms with Gasteiger partial charge in [0.15, 0.2) is 17.3 Å². The third kappa shape index (κ3) is 7.79. The number of methoxy groups -OCH3 is 1. The van der Waals surface area contributed by atoms with Gasteiger partial charge < -0.3 is 36.4 Å². The highest BCUT2D eigenvalue weighted by Gasteiger charge is 2.26. The number of hydrogen-bond acceptors (Lipinski definition) is 7. The highest BCUT2D eigenvalue weighted by atomic mass is 16.5. The van der Waals surface area contributed by atoms with Crippen LogP contribution in [-0.4, -0.2) is 30.0 Å². The van der Waals surface area contributed by atoms with Crippen LogP contribution in [0.3, 0.4) is 0 Å². The summed E-state index contributed by atoms with van der Waals surface area (Å²) in [7, 11) is 1.51. The third-order valence-electron chi connectivity index (χ3n) is 6.37. The highest BCUT2D eigenvalue weighted by molar-refractivity contribution is 5.97. The summed E-state index contributed by atoms with van der Waals surface area (Å²) in [5.74, 6) is 0.0934. The van der Waals surface area contributed by atoms with Gasteiger partial charge in [-0.2, -0.15) is 0 Å². The second kappa shape index (κ2) is 14.2. The van der Waals surface area contributed by atoms with E-state index < -0.39 is 6.04 Å². The maximum absolute atomic E-state index is 13.7. The van der Waals surface area contributed by atoms with Gasteiger partial charge in [-0.15, -0.1) is 0 Å². The van der Waals surface area contributed by atoms with Crippen molar-refractivity contribution in [2.45, 2.75) is 26.1 Å². The van der Waals surface area contributed by atoms with Crippen LogP contribution in [0.4, 0.5) is 11.4 Å². The van der Waals surface area contributed by atoms with E-state index in [1.807, 2.05) is 60.7 Å². The number of carbonyl (C=O) groups is 2. The van der Waals surface area contributed by atoms with Gasteiger partial charge in [0.2, 0.25) is 11.8 Å². The van der Waals surface area contributed by atoms with E-state index in [0.717, 1.165) is 11.1 Å². The minimum absolute atomic E-state index is 0.0394. The molecule has 6 N–H and O–H groups in total. The predicted molar refractivity (Wildman–Crippen MR) is 162 cm³/mol. The topological polar surface area (TPSA) is 147 Å². The van der Waals surface area contributed by atoms with Gasteiger partial charge in [-0.25, -0.2) is 0 Å². The summed E-state index contributed by atoms with van der Waals surface area (Å²) < 4.78 is 11.7. The van der Waals surface area contributed by atoms with E-state index >= 15 is 0 Å². The van der Waals surface area contributed by atoms with Crippen LogP contribution >= 0.6 is 0 Å². The van der Waals surface area contributed by atoms with Crippen molar-refractivity contribution in [2.75, 3.05) is 17.7 Å². The number of anilines is 2. The van der Waals surface area contributed by atoms with Crippen LogP contribution in [0.1, 0.15) is 35.2 Å². The minimum atomic E-state index is -0.956. The molecule has 0 bridgehead atoms. The van der Waals surface area contributed by atoms with E-state index in [-0.39, 0.29) is 24.3 Å². The van der Waals surface area contributed by atoms with Crippen LogP contribution in [0, 0.1) is 0 Å². The fraction of sp³-hybridized carbons (Fsp3) is 0.156. The van der Waals surface area contributed by atoms with Crippen LogP contribution in [0.25, 0.3) is 0 Å². The first kappa shape index (κ1) is 29.5. The maximum Gasteiger partial charge on any atom is 0.247 e. The van der Waals surface area contributed by atoms with Crippen molar-refractivity contribution in [3.8, 4) is 11.5 Å². The number of oxime groups is 1. The largest absolute Gasteiger partial charge is 0.493 e. The monoisotopic (exact) mass is 567 g/mol. The summed E-state index contributed by atoms with van der Waals surface area (Å²) in [5, 5.41) is 21.1. The molecule has 4 aromatic carbocycles. The first-order valence-corrected chi connectivity index (χ1v) is 13.2. The fourth-order valence-corrected chi connectivity index (χ4v) is 4.25. The number of nitrogens with zero attached hydrogens (tertiary/aromatic N) is 1. The lowest BCUT2D eigenvalue weighted by Gasteiger charge is -2.24. The molecule has 0 heterocycles. The molecule has 0 saturated carbocycles. The zero-order chi connectivity index (χ0) is 29.9. The molecule has 0 aliphatic carbocycles. The highest BCUT2D eigenvalue weighted by Crippen LogP contribution is 2.38. The number of amidine groups is 1. The average molecular weight is 568 g/mol. The molecule has 1 atom stereocenters. The van der Waals surface area contributed by atoms with E-state index in [4.69, 9.17) is 20.4 Å². The van der Waals surface area contributed by atoms with E-state index in [0.29, 0.717) is 40.5 Å². The van der Waals surface area contributed by atoms with Crippen LogP contribution in [0.5, 0.6) is 11.5 Å². The van der Waals surface area contributed by atoms with E-state index in [9.17, 15) is 9.59 Å². The second-order valence-electron chi connectivity index (χ2n) is 9.39. The molecule has 0 unspecified atom stereocenters. The molecule has 0 aliphatic heterocycles. The van der Waals surface area contributed by atoms with Crippen molar-refractivity contribution >= 4 is 29.0 Å². The molecule has 216 valence electrons. The SMILES string of the molecule is COc1cc([C@H](Nc2ccc(C(N)=NO)cc2)C(=O)NCc2ccccc2)c(NC(C)=O)cc1OCc1ccccc1. The van der Waals surface area contributed by atoms with Gasteiger partial charge in [0.05, 0.1) is 12.8 Å². The molecule has 0 aliphatic rings. The van der Waals surface area contributed by atoms with Gasteiger partial charge in [-0.3, -0.25) is 9.59 Å². The molecule has 0 radical (unpaired) electrons. The van der Waals surface area contributed by atoms with Gasteiger partial charge in [0.1, 0.15) is 12.6 Å². The van der Waals surface area contributed by atoms with Crippen molar-refractivity contribution in [1.29, 1.82) is 0 Å². The summed E-state index contributed by atoms with van der Waals surface area (Å²) >= 11 is 0. The Morgan fingerprint density at radius 2 is 1.55 bits per heavy atom. The normalized spacial score (nSPS) is 11.7. The molecular formula is C32H33N5O5. The lowest BCUT2D eigenvalue weighted by molar-refractivity contribution is -0.122. The van der Waals surface area contributed by atoms with Crippen LogP contribution in [-0.2, 0) is 22.7 Å². The molecule has 42 heavy (non-hydrogen) atoms. The zero-order valence-electron chi connectivity index (χ0n) is 23.3. The van der Waals surface area contributed by atoms with Crippen molar-refractivity contribution < 1.29 is 24.3 Å². The lowest BCUT2D eigenvalue weighted by atomic mass is 10.0. The smallest absolute Gasteiger partial charge is 0.247 e. The van der Waals surface area contributed by atoms with E-state index in [1.54, 1.807) is 36.4 Å². The fourth-order valence-electron chi connectivity index (χ4n) is 4.25. The molecule has 4 rings (SSSR count). The summed E-state index contributed by atoms with van der Waals surface area (Å²) in [6.45, 7) is 1.97. The van der Waals surface area contributed by atoms with Gasteiger partial charge in [0, 0.05) is 36.3 Å². The Bertz CT molecular complexity index is 1530. The first-order chi connectivity index (χ1) is 20.4. The number of ether oxygens (including phenoxy) is 2. The van der Waals surface area contributed by atoms with Gasteiger partial charge >= 0.3 is 0 Å². The standard InChI is InChI=1S/C32H33N5O5/c1-21(38)35-27-18-29(42-20-23-11-7-4-8-12-23)28(41-2)17-26(27)30(32(39)34-19-22-9-5-3-6-10-22)36-25-15-13-24(14-16-25)31(33)37-40/h3-18,30,36,40H,19-20H2,1-2H3,(H2,33,37)(H,34,39)(H,35,38)/t30-/m0/s1. The number of benzene rings is 4.